The van der Waals surface area contributed by atoms with Crippen molar-refractivity contribution in [2.75, 3.05) is 0 Å². The van der Waals surface area contributed by atoms with Gasteiger partial charge in [0.1, 0.15) is 0 Å². The summed E-state index contributed by atoms with van der Waals surface area (Å²) in [5.74, 6) is -0.146. The Morgan fingerprint density at radius 2 is 1.86 bits per heavy atom. The zero-order valence-corrected chi connectivity index (χ0v) is 11.9. The average Bonchev–Trinajstić information content (AvgIpc) is 2.54. The predicted octanol–water partition coefficient (Wildman–Crippen LogP) is 3.42. The second-order valence-corrected chi connectivity index (χ2v) is 4.49. The molecule has 2 aromatic rings. The molecule has 0 saturated heterocycles. The minimum Gasteiger partial charge on any atom is -0.340 e. The number of rotatable bonds is 5. The van der Waals surface area contributed by atoms with Gasteiger partial charge in [0, 0.05) is 12.3 Å². The molecule has 2 rings (SSSR count). The van der Waals surface area contributed by atoms with E-state index in [1.165, 1.54) is 6.08 Å². The molecule has 3 nitrogen and oxygen atoms in total. The summed E-state index contributed by atoms with van der Waals surface area (Å²) in [5.41, 5.74) is 1.82. The molecule has 1 aromatic carbocycles. The molecule has 0 spiro atoms. The minimum atomic E-state index is -0.254. The van der Waals surface area contributed by atoms with Gasteiger partial charge in [-0.3, -0.25) is 9.78 Å². The van der Waals surface area contributed by atoms with Crippen molar-refractivity contribution in [2.45, 2.75) is 13.0 Å². The van der Waals surface area contributed by atoms with Crippen LogP contribution in [0.2, 0.25) is 0 Å². The fourth-order valence-corrected chi connectivity index (χ4v) is 1.96. The van der Waals surface area contributed by atoms with Gasteiger partial charge in [-0.15, -0.1) is 0 Å². The fraction of sp³-hybridized carbons (Fsp3) is 0.111. The average molecular weight is 278 g/mol. The summed E-state index contributed by atoms with van der Waals surface area (Å²) in [6.07, 6.45) is 8.65. The van der Waals surface area contributed by atoms with E-state index in [0.717, 1.165) is 11.3 Å². The van der Waals surface area contributed by atoms with Gasteiger partial charge in [0.15, 0.2) is 0 Å². The standard InChI is InChI=1S/C18H18N2O/c1-2-3-5-13-17(21)20-18(15-10-6-4-7-11-15)16-12-8-9-14-19-16/h2-14,18H,1H3,(H,20,21)/b3-2+,13-5+/t18-/m1/s1. The number of pyridine rings is 1. The lowest BCUT2D eigenvalue weighted by atomic mass is 10.0. The minimum absolute atomic E-state index is 0.146. The largest absolute Gasteiger partial charge is 0.340 e. The number of aromatic nitrogens is 1. The van der Waals surface area contributed by atoms with E-state index in [9.17, 15) is 4.79 Å². The molecule has 1 heterocycles. The molecule has 1 atom stereocenters. The van der Waals surface area contributed by atoms with Gasteiger partial charge in [0.05, 0.1) is 11.7 Å². The molecule has 0 aliphatic heterocycles. The molecule has 21 heavy (non-hydrogen) atoms. The molecule has 0 saturated carbocycles. The summed E-state index contributed by atoms with van der Waals surface area (Å²) in [6.45, 7) is 1.91. The molecule has 1 aromatic heterocycles. The van der Waals surface area contributed by atoms with Crippen molar-refractivity contribution in [2.24, 2.45) is 0 Å². The third kappa shape index (κ3) is 4.42. The van der Waals surface area contributed by atoms with E-state index < -0.39 is 0 Å². The van der Waals surface area contributed by atoms with Crippen LogP contribution in [0.4, 0.5) is 0 Å². The smallest absolute Gasteiger partial charge is 0.244 e. The quantitative estimate of drug-likeness (QED) is 0.672. The number of hydrogen-bond acceptors (Lipinski definition) is 2. The number of nitrogens with zero attached hydrogens (tertiary/aromatic N) is 1. The highest BCUT2D eigenvalue weighted by atomic mass is 16.1. The zero-order valence-electron chi connectivity index (χ0n) is 11.9. The van der Waals surface area contributed by atoms with Crippen LogP contribution in [0.15, 0.2) is 79.0 Å². The first-order chi connectivity index (χ1) is 10.3. The molecule has 0 bridgehead atoms. The Balaban J connectivity index is 2.23. The van der Waals surface area contributed by atoms with E-state index >= 15 is 0 Å². The van der Waals surface area contributed by atoms with Crippen LogP contribution in [0, 0.1) is 0 Å². The number of allylic oxidation sites excluding steroid dienone is 3. The number of benzene rings is 1. The fourth-order valence-electron chi connectivity index (χ4n) is 1.96. The van der Waals surface area contributed by atoms with Gasteiger partial charge in [-0.25, -0.2) is 0 Å². The number of hydrogen-bond donors (Lipinski definition) is 1. The lowest BCUT2D eigenvalue weighted by Gasteiger charge is -2.17. The maximum atomic E-state index is 12.0. The van der Waals surface area contributed by atoms with Crippen molar-refractivity contribution in [3.8, 4) is 0 Å². The molecular weight excluding hydrogens is 260 g/mol. The van der Waals surface area contributed by atoms with E-state index in [4.69, 9.17) is 0 Å². The van der Waals surface area contributed by atoms with Gasteiger partial charge < -0.3 is 5.32 Å². The van der Waals surface area contributed by atoms with Crippen LogP contribution in [-0.2, 0) is 4.79 Å². The highest BCUT2D eigenvalue weighted by molar-refractivity contribution is 5.88. The van der Waals surface area contributed by atoms with Gasteiger partial charge in [0.25, 0.3) is 0 Å². The van der Waals surface area contributed by atoms with E-state index in [0.29, 0.717) is 0 Å². The van der Waals surface area contributed by atoms with Crippen LogP contribution in [-0.4, -0.2) is 10.9 Å². The Kier molecular flexibility index (Phi) is 5.47. The van der Waals surface area contributed by atoms with E-state index in [-0.39, 0.29) is 11.9 Å². The lowest BCUT2D eigenvalue weighted by Crippen LogP contribution is -2.28. The summed E-state index contributed by atoms with van der Waals surface area (Å²) in [4.78, 5) is 16.4. The zero-order chi connectivity index (χ0) is 14.9. The van der Waals surface area contributed by atoms with E-state index in [1.54, 1.807) is 12.3 Å². The highest BCUT2D eigenvalue weighted by Crippen LogP contribution is 2.19. The van der Waals surface area contributed by atoms with E-state index in [1.807, 2.05) is 67.6 Å². The first-order valence-corrected chi connectivity index (χ1v) is 6.87. The summed E-state index contributed by atoms with van der Waals surface area (Å²) in [7, 11) is 0. The summed E-state index contributed by atoms with van der Waals surface area (Å²) < 4.78 is 0. The topological polar surface area (TPSA) is 42.0 Å². The summed E-state index contributed by atoms with van der Waals surface area (Å²) >= 11 is 0. The van der Waals surface area contributed by atoms with Crippen molar-refractivity contribution in [1.82, 2.24) is 10.3 Å². The molecular formula is C18H18N2O. The van der Waals surface area contributed by atoms with Crippen LogP contribution >= 0.6 is 0 Å². The maximum absolute atomic E-state index is 12.0. The van der Waals surface area contributed by atoms with Crippen LogP contribution < -0.4 is 5.32 Å². The van der Waals surface area contributed by atoms with Crippen LogP contribution in [0.5, 0.6) is 0 Å². The van der Waals surface area contributed by atoms with Crippen molar-refractivity contribution < 1.29 is 4.79 Å². The Morgan fingerprint density at radius 1 is 1.10 bits per heavy atom. The monoisotopic (exact) mass is 278 g/mol. The first-order valence-electron chi connectivity index (χ1n) is 6.87. The van der Waals surface area contributed by atoms with Gasteiger partial charge in [-0.2, -0.15) is 0 Å². The summed E-state index contributed by atoms with van der Waals surface area (Å²) in [6, 6.07) is 15.2. The second kappa shape index (κ2) is 7.80. The lowest BCUT2D eigenvalue weighted by molar-refractivity contribution is -0.117. The first kappa shape index (κ1) is 14.7. The molecule has 0 unspecified atom stereocenters. The van der Waals surface area contributed by atoms with E-state index in [2.05, 4.69) is 10.3 Å². The number of nitrogens with one attached hydrogen (secondary N) is 1. The SMILES string of the molecule is C/C=C/C=C/C(=O)N[C@H](c1ccccc1)c1ccccn1. The number of carbonyl (C=O) groups excluding carboxylic acids is 1. The summed E-state index contributed by atoms with van der Waals surface area (Å²) in [5, 5.41) is 2.99. The third-order valence-electron chi connectivity index (χ3n) is 2.95. The van der Waals surface area contributed by atoms with Crippen LogP contribution in [0.25, 0.3) is 0 Å². The van der Waals surface area contributed by atoms with Crippen molar-refractivity contribution in [1.29, 1.82) is 0 Å². The Labute approximate surface area is 125 Å². The maximum Gasteiger partial charge on any atom is 0.244 e. The predicted molar refractivity (Wildman–Crippen MR) is 84.6 cm³/mol. The Morgan fingerprint density at radius 3 is 2.52 bits per heavy atom. The number of amides is 1. The molecule has 106 valence electrons. The normalized spacial score (nSPS) is 12.6. The van der Waals surface area contributed by atoms with Crippen molar-refractivity contribution in [3.05, 3.63) is 90.3 Å². The van der Waals surface area contributed by atoms with Gasteiger partial charge >= 0.3 is 0 Å². The van der Waals surface area contributed by atoms with Gasteiger partial charge in [-0.1, -0.05) is 54.6 Å². The molecule has 0 aliphatic carbocycles. The molecule has 1 N–H and O–H groups in total. The molecule has 1 amide bonds. The van der Waals surface area contributed by atoms with Crippen LogP contribution in [0.3, 0.4) is 0 Å². The molecule has 3 heteroatoms. The molecule has 0 fully saturated rings. The Bertz CT molecular complexity index is 579. The van der Waals surface area contributed by atoms with Crippen molar-refractivity contribution >= 4 is 5.91 Å². The highest BCUT2D eigenvalue weighted by Gasteiger charge is 2.16. The second-order valence-electron chi connectivity index (χ2n) is 4.49. The van der Waals surface area contributed by atoms with Gasteiger partial charge in [-0.05, 0) is 24.6 Å². The third-order valence-corrected chi connectivity index (χ3v) is 2.95. The Hall–Kier alpha value is -2.68. The number of carbonyl (C=O) groups is 1. The molecule has 0 aliphatic rings. The van der Waals surface area contributed by atoms with Gasteiger partial charge in [0.2, 0.25) is 5.91 Å². The van der Waals surface area contributed by atoms with Crippen LogP contribution in [0.1, 0.15) is 24.2 Å². The molecule has 0 radical (unpaired) electrons. The van der Waals surface area contributed by atoms with Crippen molar-refractivity contribution in [3.63, 3.8) is 0 Å².